The topological polar surface area (TPSA) is 65.1 Å². The number of thiazole rings is 1. The zero-order valence-corrected chi connectivity index (χ0v) is 10.3. The summed E-state index contributed by atoms with van der Waals surface area (Å²) in [6.07, 6.45) is 0. The normalized spacial score (nSPS) is 10.6. The fourth-order valence-corrected chi connectivity index (χ4v) is 2.18. The Bertz CT molecular complexity index is 560. The third-order valence-electron chi connectivity index (χ3n) is 2.52. The van der Waals surface area contributed by atoms with Crippen LogP contribution in [-0.4, -0.2) is 10.1 Å². The van der Waals surface area contributed by atoms with E-state index in [1.807, 2.05) is 25.1 Å². The van der Waals surface area contributed by atoms with Crippen molar-refractivity contribution in [3.8, 4) is 5.75 Å². The molecule has 0 amide bonds. The lowest BCUT2D eigenvalue weighted by Gasteiger charge is -2.07. The summed E-state index contributed by atoms with van der Waals surface area (Å²) in [4.78, 5) is 13.6. The molecule has 0 bridgehead atoms. The highest BCUT2D eigenvalue weighted by Gasteiger charge is 2.03. The van der Waals surface area contributed by atoms with Crippen LogP contribution in [0, 0.1) is 6.92 Å². The van der Waals surface area contributed by atoms with Gasteiger partial charge in [-0.05, 0) is 12.5 Å². The van der Waals surface area contributed by atoms with E-state index in [2.05, 4.69) is 10.3 Å². The Kier molecular flexibility index (Phi) is 3.61. The SMILES string of the molecule is Cc1cccc(CNCc2csc(=O)[nH]2)c1O. The van der Waals surface area contributed by atoms with Gasteiger partial charge in [-0.1, -0.05) is 29.5 Å². The van der Waals surface area contributed by atoms with Gasteiger partial charge in [-0.2, -0.15) is 0 Å². The van der Waals surface area contributed by atoms with Crippen molar-refractivity contribution in [1.29, 1.82) is 0 Å². The van der Waals surface area contributed by atoms with E-state index in [1.54, 1.807) is 5.38 Å². The number of aromatic hydroxyl groups is 1. The number of hydrogen-bond acceptors (Lipinski definition) is 4. The first kappa shape index (κ1) is 11.9. The molecule has 0 saturated heterocycles. The fourth-order valence-electron chi connectivity index (χ4n) is 1.59. The van der Waals surface area contributed by atoms with Gasteiger partial charge in [0.1, 0.15) is 5.75 Å². The summed E-state index contributed by atoms with van der Waals surface area (Å²) >= 11 is 1.16. The molecule has 4 nitrogen and oxygen atoms in total. The molecule has 0 atom stereocenters. The lowest BCUT2D eigenvalue weighted by Crippen LogP contribution is -2.14. The number of aromatic amines is 1. The number of H-pyrrole nitrogens is 1. The van der Waals surface area contributed by atoms with E-state index in [0.29, 0.717) is 18.8 Å². The van der Waals surface area contributed by atoms with Crippen molar-refractivity contribution in [2.75, 3.05) is 0 Å². The maximum absolute atomic E-state index is 10.9. The Hall–Kier alpha value is -1.59. The summed E-state index contributed by atoms with van der Waals surface area (Å²) in [6, 6.07) is 5.67. The smallest absolute Gasteiger partial charge is 0.304 e. The molecular formula is C12H14N2O2S. The summed E-state index contributed by atoms with van der Waals surface area (Å²) in [6.45, 7) is 3.03. The zero-order valence-electron chi connectivity index (χ0n) is 9.49. The first-order valence-electron chi connectivity index (χ1n) is 5.31. The molecule has 0 unspecified atom stereocenters. The molecule has 3 N–H and O–H groups in total. The van der Waals surface area contributed by atoms with E-state index in [1.165, 1.54) is 0 Å². The minimum absolute atomic E-state index is 0.0415. The second-order valence-corrected chi connectivity index (χ2v) is 4.70. The van der Waals surface area contributed by atoms with E-state index < -0.39 is 0 Å². The van der Waals surface area contributed by atoms with Gasteiger partial charge in [0, 0.05) is 29.7 Å². The highest BCUT2D eigenvalue weighted by molar-refractivity contribution is 7.07. The number of aromatic nitrogens is 1. The Morgan fingerprint density at radius 3 is 2.94 bits per heavy atom. The second-order valence-electron chi connectivity index (χ2n) is 3.86. The Balaban J connectivity index is 1.94. The average Bonchev–Trinajstić information content (AvgIpc) is 2.70. The van der Waals surface area contributed by atoms with Crippen LogP contribution >= 0.6 is 11.3 Å². The molecule has 0 fully saturated rings. The third kappa shape index (κ3) is 2.95. The number of hydrogen-bond donors (Lipinski definition) is 3. The molecular weight excluding hydrogens is 236 g/mol. The van der Waals surface area contributed by atoms with Crippen LogP contribution in [0.2, 0.25) is 0 Å². The monoisotopic (exact) mass is 250 g/mol. The van der Waals surface area contributed by atoms with Crippen LogP contribution in [0.1, 0.15) is 16.8 Å². The number of benzene rings is 1. The fraction of sp³-hybridized carbons (Fsp3) is 0.250. The van der Waals surface area contributed by atoms with Crippen LogP contribution in [0.15, 0.2) is 28.4 Å². The summed E-state index contributed by atoms with van der Waals surface area (Å²) in [5.41, 5.74) is 2.60. The molecule has 0 spiro atoms. The van der Waals surface area contributed by atoms with Gasteiger partial charge in [0.25, 0.3) is 0 Å². The molecule has 0 radical (unpaired) electrons. The predicted molar refractivity (Wildman–Crippen MR) is 68.3 cm³/mol. The van der Waals surface area contributed by atoms with Gasteiger partial charge < -0.3 is 15.4 Å². The number of nitrogens with one attached hydrogen (secondary N) is 2. The maximum Gasteiger partial charge on any atom is 0.304 e. The Morgan fingerprint density at radius 1 is 1.41 bits per heavy atom. The largest absolute Gasteiger partial charge is 0.507 e. The van der Waals surface area contributed by atoms with Crippen LogP contribution in [0.5, 0.6) is 5.75 Å². The minimum Gasteiger partial charge on any atom is -0.507 e. The van der Waals surface area contributed by atoms with Crippen molar-refractivity contribution >= 4 is 11.3 Å². The Morgan fingerprint density at radius 2 is 2.24 bits per heavy atom. The first-order valence-corrected chi connectivity index (χ1v) is 6.19. The van der Waals surface area contributed by atoms with Crippen molar-refractivity contribution in [1.82, 2.24) is 10.3 Å². The quantitative estimate of drug-likeness (QED) is 0.774. The number of para-hydroxylation sites is 1. The summed E-state index contributed by atoms with van der Waals surface area (Å²) in [5.74, 6) is 0.332. The summed E-state index contributed by atoms with van der Waals surface area (Å²) in [5, 5.41) is 14.8. The third-order valence-corrected chi connectivity index (χ3v) is 3.24. The molecule has 5 heteroatoms. The van der Waals surface area contributed by atoms with E-state index >= 15 is 0 Å². The van der Waals surface area contributed by atoms with Crippen LogP contribution in [0.3, 0.4) is 0 Å². The molecule has 0 aliphatic rings. The van der Waals surface area contributed by atoms with Crippen molar-refractivity contribution in [2.45, 2.75) is 20.0 Å². The number of phenolic OH excluding ortho intramolecular Hbond substituents is 1. The van der Waals surface area contributed by atoms with Gasteiger partial charge in [-0.3, -0.25) is 4.79 Å². The number of phenols is 1. The van der Waals surface area contributed by atoms with Crippen molar-refractivity contribution in [3.05, 3.63) is 50.1 Å². The molecule has 0 aliphatic heterocycles. The lowest BCUT2D eigenvalue weighted by molar-refractivity contribution is 0.460. The van der Waals surface area contributed by atoms with Crippen molar-refractivity contribution < 1.29 is 5.11 Å². The Labute approximate surface area is 103 Å². The second kappa shape index (κ2) is 5.16. The molecule has 0 saturated carbocycles. The predicted octanol–water partition coefficient (Wildman–Crippen LogP) is 1.74. The van der Waals surface area contributed by atoms with Gasteiger partial charge in [-0.15, -0.1) is 0 Å². The molecule has 90 valence electrons. The summed E-state index contributed by atoms with van der Waals surface area (Å²) in [7, 11) is 0. The molecule has 1 heterocycles. The van der Waals surface area contributed by atoms with Gasteiger partial charge in [0.2, 0.25) is 0 Å². The van der Waals surface area contributed by atoms with Gasteiger partial charge in [-0.25, -0.2) is 0 Å². The van der Waals surface area contributed by atoms with Crippen LogP contribution in [-0.2, 0) is 13.1 Å². The molecule has 0 aliphatic carbocycles. The molecule has 1 aromatic carbocycles. The molecule has 2 rings (SSSR count). The van der Waals surface area contributed by atoms with Crippen molar-refractivity contribution in [3.63, 3.8) is 0 Å². The summed E-state index contributed by atoms with van der Waals surface area (Å²) < 4.78 is 0. The minimum atomic E-state index is -0.0415. The van der Waals surface area contributed by atoms with Crippen LogP contribution in [0.4, 0.5) is 0 Å². The van der Waals surface area contributed by atoms with Crippen LogP contribution in [0.25, 0.3) is 0 Å². The lowest BCUT2D eigenvalue weighted by atomic mass is 10.1. The van der Waals surface area contributed by atoms with Gasteiger partial charge >= 0.3 is 4.87 Å². The van der Waals surface area contributed by atoms with Crippen LogP contribution < -0.4 is 10.2 Å². The van der Waals surface area contributed by atoms with E-state index in [-0.39, 0.29) is 4.87 Å². The molecule has 1 aromatic heterocycles. The molecule has 17 heavy (non-hydrogen) atoms. The molecule has 2 aromatic rings. The average molecular weight is 250 g/mol. The number of aryl methyl sites for hydroxylation is 1. The van der Waals surface area contributed by atoms with E-state index in [9.17, 15) is 9.90 Å². The first-order chi connectivity index (χ1) is 8.16. The van der Waals surface area contributed by atoms with E-state index in [0.717, 1.165) is 28.2 Å². The highest BCUT2D eigenvalue weighted by Crippen LogP contribution is 2.20. The highest BCUT2D eigenvalue weighted by atomic mass is 32.1. The number of rotatable bonds is 4. The standard InChI is InChI=1S/C12H14N2O2S/c1-8-3-2-4-9(11(8)15)5-13-6-10-7-17-12(16)14-10/h2-4,7,13,15H,5-6H2,1H3,(H,14,16). The van der Waals surface area contributed by atoms with Crippen molar-refractivity contribution in [2.24, 2.45) is 0 Å². The van der Waals surface area contributed by atoms with E-state index in [4.69, 9.17) is 0 Å². The zero-order chi connectivity index (χ0) is 12.3. The maximum atomic E-state index is 10.9. The van der Waals surface area contributed by atoms with Gasteiger partial charge in [0.15, 0.2) is 0 Å². The van der Waals surface area contributed by atoms with Gasteiger partial charge in [0.05, 0.1) is 0 Å².